The van der Waals surface area contributed by atoms with Crippen LogP contribution >= 0.6 is 0 Å². The highest BCUT2D eigenvalue weighted by Crippen LogP contribution is 2.33. The number of hydrogen-bond acceptors (Lipinski definition) is 5. The summed E-state index contributed by atoms with van der Waals surface area (Å²) in [6, 6.07) is 0.488. The minimum Gasteiger partial charge on any atom is -0.378 e. The molecule has 0 aromatic carbocycles. The van der Waals surface area contributed by atoms with Gasteiger partial charge in [0.05, 0.1) is 19.8 Å². The van der Waals surface area contributed by atoms with Crippen molar-refractivity contribution >= 4 is 0 Å². The molecule has 19 heavy (non-hydrogen) atoms. The Morgan fingerprint density at radius 3 is 2.95 bits per heavy atom. The molecule has 1 aromatic heterocycles. The van der Waals surface area contributed by atoms with Gasteiger partial charge in [0.1, 0.15) is 0 Å². The van der Waals surface area contributed by atoms with Crippen molar-refractivity contribution in [1.29, 1.82) is 0 Å². The minimum atomic E-state index is 0.488. The molecule has 1 atom stereocenters. The third-order valence-corrected chi connectivity index (χ3v) is 4.35. The molecule has 1 aliphatic carbocycles. The standard InChI is InChI=1S/C14H23N3O2/c1-2-12-10-18-8-7-17(12)9-13-15-14(19-16-13)11-5-3-4-6-11/h11-12H,2-10H2,1H3/t12-/m0/s1. The maximum atomic E-state index is 5.52. The summed E-state index contributed by atoms with van der Waals surface area (Å²) in [5.74, 6) is 2.20. The molecule has 1 saturated heterocycles. The van der Waals surface area contributed by atoms with E-state index in [1.165, 1.54) is 25.7 Å². The van der Waals surface area contributed by atoms with Gasteiger partial charge >= 0.3 is 0 Å². The molecule has 1 saturated carbocycles. The molecule has 0 spiro atoms. The van der Waals surface area contributed by atoms with Crippen LogP contribution in [0.3, 0.4) is 0 Å². The first kappa shape index (κ1) is 13.1. The van der Waals surface area contributed by atoms with E-state index in [0.717, 1.165) is 44.4 Å². The lowest BCUT2D eigenvalue weighted by molar-refractivity contribution is -0.0140. The number of rotatable bonds is 4. The third-order valence-electron chi connectivity index (χ3n) is 4.35. The smallest absolute Gasteiger partial charge is 0.229 e. The lowest BCUT2D eigenvalue weighted by atomic mass is 10.1. The fraction of sp³-hybridized carbons (Fsp3) is 0.857. The SMILES string of the molecule is CC[C@H]1COCCN1Cc1noc(C2CCCC2)n1. The zero-order valence-corrected chi connectivity index (χ0v) is 11.7. The van der Waals surface area contributed by atoms with E-state index in [0.29, 0.717) is 12.0 Å². The molecule has 2 aliphatic rings. The molecule has 1 aliphatic heterocycles. The van der Waals surface area contributed by atoms with Crippen LogP contribution in [0.25, 0.3) is 0 Å². The fourth-order valence-corrected chi connectivity index (χ4v) is 3.13. The number of hydrogen-bond donors (Lipinski definition) is 0. The first-order valence-corrected chi connectivity index (χ1v) is 7.51. The average Bonchev–Trinajstić information content (AvgIpc) is 3.09. The maximum absolute atomic E-state index is 5.52. The van der Waals surface area contributed by atoms with Crippen molar-refractivity contribution in [2.75, 3.05) is 19.8 Å². The van der Waals surface area contributed by atoms with Crippen molar-refractivity contribution in [3.05, 3.63) is 11.7 Å². The summed E-state index contributed by atoms with van der Waals surface area (Å²) in [5, 5.41) is 4.16. The zero-order chi connectivity index (χ0) is 13.1. The molecule has 0 amide bonds. The number of nitrogens with zero attached hydrogens (tertiary/aromatic N) is 3. The summed E-state index contributed by atoms with van der Waals surface area (Å²) < 4.78 is 11.0. The molecule has 0 radical (unpaired) electrons. The zero-order valence-electron chi connectivity index (χ0n) is 11.7. The van der Waals surface area contributed by atoms with Gasteiger partial charge in [0.25, 0.3) is 0 Å². The third kappa shape index (κ3) is 2.98. The Hall–Kier alpha value is -0.940. The van der Waals surface area contributed by atoms with Crippen LogP contribution in [0, 0.1) is 0 Å². The molecule has 5 nitrogen and oxygen atoms in total. The average molecular weight is 265 g/mol. The fourth-order valence-electron chi connectivity index (χ4n) is 3.13. The van der Waals surface area contributed by atoms with E-state index in [9.17, 15) is 0 Å². The van der Waals surface area contributed by atoms with Gasteiger partial charge in [-0.1, -0.05) is 24.9 Å². The topological polar surface area (TPSA) is 51.4 Å². The summed E-state index contributed by atoms with van der Waals surface area (Å²) in [5.41, 5.74) is 0. The van der Waals surface area contributed by atoms with Crippen molar-refractivity contribution in [2.45, 2.75) is 57.5 Å². The summed E-state index contributed by atoms with van der Waals surface area (Å²) in [7, 11) is 0. The first-order valence-electron chi connectivity index (χ1n) is 7.51. The molecule has 3 rings (SSSR count). The Kier molecular flexibility index (Phi) is 4.13. The van der Waals surface area contributed by atoms with E-state index >= 15 is 0 Å². The lowest BCUT2D eigenvalue weighted by Crippen LogP contribution is -2.44. The van der Waals surface area contributed by atoms with Gasteiger partial charge in [-0.25, -0.2) is 0 Å². The Balaban J connectivity index is 1.62. The van der Waals surface area contributed by atoms with Crippen LogP contribution in [-0.4, -0.2) is 40.8 Å². The second kappa shape index (κ2) is 6.01. The summed E-state index contributed by atoms with van der Waals surface area (Å²) >= 11 is 0. The van der Waals surface area contributed by atoms with Gasteiger partial charge < -0.3 is 9.26 Å². The summed E-state index contributed by atoms with van der Waals surface area (Å²) in [6.07, 6.45) is 6.11. The molecule has 1 aromatic rings. The molecule has 2 fully saturated rings. The highest BCUT2D eigenvalue weighted by atomic mass is 16.5. The van der Waals surface area contributed by atoms with E-state index in [4.69, 9.17) is 9.26 Å². The molecular weight excluding hydrogens is 242 g/mol. The molecular formula is C14H23N3O2. The van der Waals surface area contributed by atoms with Crippen LogP contribution in [0.1, 0.15) is 56.7 Å². The Labute approximate surface area is 114 Å². The Morgan fingerprint density at radius 2 is 2.16 bits per heavy atom. The van der Waals surface area contributed by atoms with E-state index in [1.54, 1.807) is 0 Å². The second-order valence-electron chi connectivity index (χ2n) is 5.64. The van der Waals surface area contributed by atoms with Crippen LogP contribution in [0.5, 0.6) is 0 Å². The van der Waals surface area contributed by atoms with Gasteiger partial charge in [-0.2, -0.15) is 4.98 Å². The highest BCUT2D eigenvalue weighted by Gasteiger charge is 2.26. The maximum Gasteiger partial charge on any atom is 0.229 e. The van der Waals surface area contributed by atoms with Crippen LogP contribution in [0.4, 0.5) is 0 Å². The molecule has 5 heteroatoms. The van der Waals surface area contributed by atoms with Crippen molar-refractivity contribution in [2.24, 2.45) is 0 Å². The van der Waals surface area contributed by atoms with Crippen molar-refractivity contribution in [3.8, 4) is 0 Å². The predicted octanol–water partition coefficient (Wildman–Crippen LogP) is 2.34. The molecule has 0 unspecified atom stereocenters. The quantitative estimate of drug-likeness (QED) is 0.836. The van der Waals surface area contributed by atoms with Gasteiger partial charge in [0.2, 0.25) is 5.89 Å². The highest BCUT2D eigenvalue weighted by molar-refractivity contribution is 4.97. The van der Waals surface area contributed by atoms with Crippen LogP contribution in [-0.2, 0) is 11.3 Å². The summed E-state index contributed by atoms with van der Waals surface area (Å²) in [4.78, 5) is 7.00. The van der Waals surface area contributed by atoms with Crippen molar-refractivity contribution in [1.82, 2.24) is 15.0 Å². The van der Waals surface area contributed by atoms with Crippen LogP contribution in [0.2, 0.25) is 0 Å². The van der Waals surface area contributed by atoms with E-state index < -0.39 is 0 Å². The van der Waals surface area contributed by atoms with Crippen molar-refractivity contribution < 1.29 is 9.26 Å². The van der Waals surface area contributed by atoms with E-state index in [1.807, 2.05) is 0 Å². The minimum absolute atomic E-state index is 0.488. The van der Waals surface area contributed by atoms with Gasteiger partial charge in [0, 0.05) is 18.5 Å². The van der Waals surface area contributed by atoms with Gasteiger partial charge in [0.15, 0.2) is 5.82 Å². The number of aromatic nitrogens is 2. The molecule has 0 bridgehead atoms. The van der Waals surface area contributed by atoms with Gasteiger partial charge in [-0.05, 0) is 19.3 Å². The largest absolute Gasteiger partial charge is 0.378 e. The van der Waals surface area contributed by atoms with Crippen LogP contribution < -0.4 is 0 Å². The molecule has 106 valence electrons. The lowest BCUT2D eigenvalue weighted by Gasteiger charge is -2.33. The second-order valence-corrected chi connectivity index (χ2v) is 5.64. The van der Waals surface area contributed by atoms with Crippen LogP contribution in [0.15, 0.2) is 4.52 Å². The number of ether oxygens (including phenoxy) is 1. The summed E-state index contributed by atoms with van der Waals surface area (Å²) in [6.45, 7) is 5.59. The Bertz CT molecular complexity index is 401. The number of morpholine rings is 1. The van der Waals surface area contributed by atoms with E-state index in [-0.39, 0.29) is 0 Å². The van der Waals surface area contributed by atoms with E-state index in [2.05, 4.69) is 22.0 Å². The first-order chi connectivity index (χ1) is 9.36. The molecule has 0 N–H and O–H groups in total. The monoisotopic (exact) mass is 265 g/mol. The molecule has 2 heterocycles. The predicted molar refractivity (Wildman–Crippen MR) is 70.8 cm³/mol. The van der Waals surface area contributed by atoms with Gasteiger partial charge in [-0.3, -0.25) is 4.90 Å². The van der Waals surface area contributed by atoms with Gasteiger partial charge in [-0.15, -0.1) is 0 Å². The van der Waals surface area contributed by atoms with Crippen molar-refractivity contribution in [3.63, 3.8) is 0 Å². The normalized spacial score (nSPS) is 26.1. The Morgan fingerprint density at radius 1 is 1.32 bits per heavy atom.